The second kappa shape index (κ2) is 7.75. The summed E-state index contributed by atoms with van der Waals surface area (Å²) in [4.78, 5) is 3.82. The Labute approximate surface area is 169 Å². The molecule has 0 saturated heterocycles. The summed E-state index contributed by atoms with van der Waals surface area (Å²) in [5.74, 6) is -2.72. The summed E-state index contributed by atoms with van der Waals surface area (Å²) < 4.78 is 49.3. The molecular weight excluding hydrogens is 397 g/mol. The topological polar surface area (TPSA) is 77.0 Å². The summed E-state index contributed by atoms with van der Waals surface area (Å²) in [5.41, 5.74) is -1.80. The van der Waals surface area contributed by atoms with Gasteiger partial charge in [-0.3, -0.25) is 0 Å². The zero-order chi connectivity index (χ0) is 21.3. The molecule has 0 aliphatic rings. The van der Waals surface area contributed by atoms with Crippen molar-refractivity contribution in [1.82, 2.24) is 19.9 Å². The average Bonchev–Trinajstić information content (AvgIpc) is 3.41. The zero-order valence-corrected chi connectivity index (χ0v) is 15.8. The highest BCUT2D eigenvalue weighted by Crippen LogP contribution is 2.40. The zero-order valence-electron chi connectivity index (χ0n) is 15.8. The van der Waals surface area contributed by atoms with Crippen molar-refractivity contribution in [3.63, 3.8) is 0 Å². The summed E-state index contributed by atoms with van der Waals surface area (Å²) in [6.07, 6.45) is 2.61. The van der Waals surface area contributed by atoms with Crippen LogP contribution in [0.5, 0.6) is 0 Å². The van der Waals surface area contributed by atoms with Crippen LogP contribution in [0.2, 0.25) is 0 Å². The predicted octanol–water partition coefficient (Wildman–Crippen LogP) is 4.04. The summed E-state index contributed by atoms with van der Waals surface area (Å²) >= 11 is 0. The molecule has 9 heteroatoms. The van der Waals surface area contributed by atoms with Gasteiger partial charge in [0.25, 0.3) is 0 Å². The molecule has 2 heterocycles. The van der Waals surface area contributed by atoms with Crippen molar-refractivity contribution in [2.75, 3.05) is 0 Å². The normalized spacial score (nSPS) is 14.4. The van der Waals surface area contributed by atoms with Gasteiger partial charge in [0.15, 0.2) is 0 Å². The van der Waals surface area contributed by atoms with Crippen molar-refractivity contribution >= 4 is 0 Å². The van der Waals surface area contributed by atoms with Crippen LogP contribution in [0, 0.1) is 17.5 Å². The van der Waals surface area contributed by atoms with Crippen molar-refractivity contribution in [2.24, 2.45) is 0 Å². The molecule has 0 amide bonds. The van der Waals surface area contributed by atoms with Crippen LogP contribution in [0.3, 0.4) is 0 Å². The first kappa shape index (κ1) is 19.8. The summed E-state index contributed by atoms with van der Waals surface area (Å²) in [6.45, 7) is 1.34. The Kier molecular flexibility index (Phi) is 5.13. The highest BCUT2D eigenvalue weighted by molar-refractivity contribution is 5.59. The van der Waals surface area contributed by atoms with E-state index in [9.17, 15) is 18.3 Å². The van der Waals surface area contributed by atoms with E-state index < -0.39 is 29.0 Å². The molecule has 6 nitrogen and oxygen atoms in total. The first-order valence-electron chi connectivity index (χ1n) is 9.10. The molecule has 0 bridgehead atoms. The van der Waals surface area contributed by atoms with Crippen molar-refractivity contribution < 1.29 is 22.8 Å². The van der Waals surface area contributed by atoms with Gasteiger partial charge in [-0.15, -0.1) is 0 Å². The third-order valence-corrected chi connectivity index (χ3v) is 5.09. The van der Waals surface area contributed by atoms with Crippen LogP contribution >= 0.6 is 0 Å². The predicted molar refractivity (Wildman–Crippen MR) is 101 cm³/mol. The fraction of sp³-hybridized carbons (Fsp3) is 0.190. The van der Waals surface area contributed by atoms with E-state index in [0.29, 0.717) is 0 Å². The Hall–Kier alpha value is -3.46. The van der Waals surface area contributed by atoms with Crippen LogP contribution in [-0.4, -0.2) is 25.0 Å². The molecular formula is C21H17F3N4O2. The number of hydrogen-bond acceptors (Lipinski definition) is 5. The van der Waals surface area contributed by atoms with Crippen LogP contribution in [0.4, 0.5) is 13.2 Å². The summed E-state index contributed by atoms with van der Waals surface area (Å²) in [7, 11) is 0. The SMILES string of the molecule is C[C@@H](c1cc(-c2ccccc2F)no1)[C@](O)(Cn1cncn1)c1cc(F)ccc1F. The number of aromatic nitrogens is 4. The summed E-state index contributed by atoms with van der Waals surface area (Å²) in [5, 5.41) is 19.4. The van der Waals surface area contributed by atoms with E-state index in [4.69, 9.17) is 4.52 Å². The van der Waals surface area contributed by atoms with E-state index in [0.717, 1.165) is 18.2 Å². The fourth-order valence-electron chi connectivity index (χ4n) is 3.37. The molecule has 0 aliphatic heterocycles. The first-order chi connectivity index (χ1) is 14.4. The molecule has 4 aromatic rings. The minimum atomic E-state index is -1.97. The maximum Gasteiger partial charge on any atom is 0.143 e. The second-order valence-corrected chi connectivity index (χ2v) is 6.96. The molecule has 0 unspecified atom stereocenters. The van der Waals surface area contributed by atoms with E-state index in [1.165, 1.54) is 35.5 Å². The standard InChI is InChI=1S/C21H17F3N4O2/c1-13(20-9-19(27-30-20)15-4-2-3-5-17(15)23)21(29,10-28-12-25-11-26-28)16-8-14(22)6-7-18(16)24/h2-9,11-13,29H,10H2,1H3/t13-,21+/m0/s1. The van der Waals surface area contributed by atoms with Crippen molar-refractivity contribution in [2.45, 2.75) is 25.0 Å². The summed E-state index contributed by atoms with van der Waals surface area (Å²) in [6, 6.07) is 10.3. The Bertz CT molecular complexity index is 1160. The van der Waals surface area contributed by atoms with E-state index in [1.54, 1.807) is 19.1 Å². The lowest BCUT2D eigenvalue weighted by Crippen LogP contribution is -2.38. The van der Waals surface area contributed by atoms with Gasteiger partial charge in [0, 0.05) is 17.2 Å². The molecule has 1 N–H and O–H groups in total. The lowest BCUT2D eigenvalue weighted by atomic mass is 9.80. The Morgan fingerprint density at radius 3 is 2.63 bits per heavy atom. The third kappa shape index (κ3) is 3.59. The van der Waals surface area contributed by atoms with Crippen LogP contribution in [0.25, 0.3) is 11.3 Å². The number of halogens is 3. The molecule has 4 rings (SSSR count). The minimum absolute atomic E-state index is 0.166. The van der Waals surface area contributed by atoms with Crippen molar-refractivity contribution in [1.29, 1.82) is 0 Å². The Morgan fingerprint density at radius 2 is 1.90 bits per heavy atom. The molecule has 2 aromatic heterocycles. The van der Waals surface area contributed by atoms with Crippen LogP contribution in [0.15, 0.2) is 65.7 Å². The average molecular weight is 414 g/mol. The van der Waals surface area contributed by atoms with Gasteiger partial charge in [-0.25, -0.2) is 22.8 Å². The third-order valence-electron chi connectivity index (χ3n) is 5.09. The quantitative estimate of drug-likeness (QED) is 0.515. The Balaban J connectivity index is 1.78. The molecule has 0 saturated carbocycles. The largest absolute Gasteiger partial charge is 0.382 e. The Morgan fingerprint density at radius 1 is 1.10 bits per heavy atom. The van der Waals surface area contributed by atoms with E-state index >= 15 is 0 Å². The van der Waals surface area contributed by atoms with Gasteiger partial charge in [0.1, 0.15) is 47.2 Å². The van der Waals surface area contributed by atoms with Crippen LogP contribution in [-0.2, 0) is 12.1 Å². The van der Waals surface area contributed by atoms with Gasteiger partial charge in [-0.2, -0.15) is 5.10 Å². The number of nitrogens with zero attached hydrogens (tertiary/aromatic N) is 4. The maximum absolute atomic E-state index is 14.6. The van der Waals surface area contributed by atoms with Gasteiger partial charge < -0.3 is 9.63 Å². The van der Waals surface area contributed by atoms with E-state index in [2.05, 4.69) is 15.2 Å². The van der Waals surface area contributed by atoms with Gasteiger partial charge >= 0.3 is 0 Å². The van der Waals surface area contributed by atoms with Gasteiger partial charge in [-0.05, 0) is 30.3 Å². The molecule has 154 valence electrons. The smallest absolute Gasteiger partial charge is 0.143 e. The van der Waals surface area contributed by atoms with Crippen molar-refractivity contribution in [3.8, 4) is 11.3 Å². The highest BCUT2D eigenvalue weighted by Gasteiger charge is 2.42. The van der Waals surface area contributed by atoms with Gasteiger partial charge in [0.05, 0.1) is 12.5 Å². The number of benzene rings is 2. The molecule has 0 fully saturated rings. The van der Waals surface area contributed by atoms with E-state index in [-0.39, 0.29) is 29.1 Å². The number of rotatable bonds is 6. The fourth-order valence-corrected chi connectivity index (χ4v) is 3.37. The van der Waals surface area contributed by atoms with Gasteiger partial charge in [0.2, 0.25) is 0 Å². The molecule has 30 heavy (non-hydrogen) atoms. The lowest BCUT2D eigenvalue weighted by molar-refractivity contribution is -0.0183. The lowest BCUT2D eigenvalue weighted by Gasteiger charge is -2.33. The molecule has 0 spiro atoms. The highest BCUT2D eigenvalue weighted by atomic mass is 19.1. The minimum Gasteiger partial charge on any atom is -0.382 e. The second-order valence-electron chi connectivity index (χ2n) is 6.96. The van der Waals surface area contributed by atoms with Gasteiger partial charge in [-0.1, -0.05) is 24.2 Å². The van der Waals surface area contributed by atoms with E-state index in [1.807, 2.05) is 0 Å². The van der Waals surface area contributed by atoms with Crippen molar-refractivity contribution in [3.05, 3.63) is 90.0 Å². The maximum atomic E-state index is 14.6. The van der Waals surface area contributed by atoms with Crippen LogP contribution in [0.1, 0.15) is 24.2 Å². The molecule has 0 aliphatic carbocycles. The van der Waals surface area contributed by atoms with Crippen LogP contribution < -0.4 is 0 Å². The number of aliphatic hydroxyl groups is 1. The first-order valence-corrected chi connectivity index (χ1v) is 9.10. The molecule has 0 radical (unpaired) electrons. The number of hydrogen-bond donors (Lipinski definition) is 1. The monoisotopic (exact) mass is 414 g/mol. The molecule has 2 atom stereocenters. The molecule has 2 aromatic carbocycles.